The van der Waals surface area contributed by atoms with Crippen LogP contribution in [0.15, 0.2) is 30.3 Å². The Labute approximate surface area is 138 Å². The molecule has 6 nitrogen and oxygen atoms in total. The predicted molar refractivity (Wildman–Crippen MR) is 89.9 cm³/mol. The van der Waals surface area contributed by atoms with Crippen LogP contribution in [0.2, 0.25) is 0 Å². The maximum atomic E-state index is 12.6. The minimum atomic E-state index is -3.66. The lowest BCUT2D eigenvalue weighted by molar-refractivity contribution is -0.133. The molecule has 23 heavy (non-hydrogen) atoms. The Morgan fingerprint density at radius 3 is 2.17 bits per heavy atom. The van der Waals surface area contributed by atoms with Gasteiger partial charge in [-0.25, -0.2) is 5.14 Å². The third-order valence-electron chi connectivity index (χ3n) is 4.38. The largest absolute Gasteiger partial charge is 0.340 e. The monoisotopic (exact) mass is 339 g/mol. The molecule has 1 aromatic rings. The summed E-state index contributed by atoms with van der Waals surface area (Å²) in [5, 5.41) is 5.12. The molecule has 2 N–H and O–H groups in total. The summed E-state index contributed by atoms with van der Waals surface area (Å²) < 4.78 is 23.8. The van der Waals surface area contributed by atoms with Gasteiger partial charge in [0.25, 0.3) is 10.2 Å². The molecule has 2 rings (SSSR count). The standard InChI is InChI=1S/C16H25N3O3S/c1-13(2)15(14-6-4-3-5-7-14)12-16(20)18-8-10-19(11-9-18)23(17,21)22/h3-7,13,15H,8-12H2,1-2H3,(H2,17,21,22)/t15-/m1/s1. The highest BCUT2D eigenvalue weighted by molar-refractivity contribution is 7.86. The smallest absolute Gasteiger partial charge is 0.277 e. The van der Waals surface area contributed by atoms with Gasteiger partial charge >= 0.3 is 0 Å². The van der Waals surface area contributed by atoms with E-state index in [1.165, 1.54) is 9.87 Å². The van der Waals surface area contributed by atoms with E-state index < -0.39 is 10.2 Å². The molecule has 0 saturated carbocycles. The maximum Gasteiger partial charge on any atom is 0.277 e. The van der Waals surface area contributed by atoms with E-state index in [1.807, 2.05) is 18.2 Å². The minimum absolute atomic E-state index is 0.0709. The number of piperazine rings is 1. The molecule has 1 fully saturated rings. The zero-order chi connectivity index (χ0) is 17.0. The Bertz CT molecular complexity index is 623. The van der Waals surface area contributed by atoms with Gasteiger partial charge in [0, 0.05) is 32.6 Å². The van der Waals surface area contributed by atoms with Crippen molar-refractivity contribution in [2.75, 3.05) is 26.2 Å². The summed E-state index contributed by atoms with van der Waals surface area (Å²) in [5.74, 6) is 0.591. The van der Waals surface area contributed by atoms with Crippen molar-refractivity contribution in [2.45, 2.75) is 26.2 Å². The van der Waals surface area contributed by atoms with Gasteiger partial charge in [0.05, 0.1) is 0 Å². The van der Waals surface area contributed by atoms with Crippen LogP contribution >= 0.6 is 0 Å². The normalized spacial score (nSPS) is 18.2. The van der Waals surface area contributed by atoms with E-state index in [2.05, 4.69) is 26.0 Å². The molecule has 0 spiro atoms. The third-order valence-corrected chi connectivity index (χ3v) is 5.46. The number of benzene rings is 1. The second-order valence-electron chi connectivity index (χ2n) is 6.29. The minimum Gasteiger partial charge on any atom is -0.340 e. The zero-order valence-corrected chi connectivity index (χ0v) is 14.5. The van der Waals surface area contributed by atoms with Gasteiger partial charge in [-0.2, -0.15) is 12.7 Å². The van der Waals surface area contributed by atoms with E-state index in [4.69, 9.17) is 5.14 Å². The summed E-state index contributed by atoms with van der Waals surface area (Å²) in [4.78, 5) is 14.3. The number of hydrogen-bond donors (Lipinski definition) is 1. The number of nitrogens with two attached hydrogens (primary N) is 1. The lowest BCUT2D eigenvalue weighted by Gasteiger charge is -2.34. The summed E-state index contributed by atoms with van der Waals surface area (Å²) in [7, 11) is -3.66. The molecule has 7 heteroatoms. The Kier molecular flexibility index (Phi) is 5.78. The summed E-state index contributed by atoms with van der Waals surface area (Å²) >= 11 is 0. The maximum absolute atomic E-state index is 12.6. The quantitative estimate of drug-likeness (QED) is 0.874. The number of amides is 1. The second kappa shape index (κ2) is 7.42. The van der Waals surface area contributed by atoms with Crippen molar-refractivity contribution in [3.8, 4) is 0 Å². The van der Waals surface area contributed by atoms with E-state index in [-0.39, 0.29) is 24.9 Å². The molecule has 1 aliphatic rings. The molecule has 1 saturated heterocycles. The molecule has 0 radical (unpaired) electrons. The van der Waals surface area contributed by atoms with Crippen LogP contribution in [0, 0.1) is 5.92 Å². The number of hydrogen-bond acceptors (Lipinski definition) is 3. The van der Waals surface area contributed by atoms with Crippen LogP contribution in [0.5, 0.6) is 0 Å². The highest BCUT2D eigenvalue weighted by atomic mass is 32.2. The fraction of sp³-hybridized carbons (Fsp3) is 0.562. The fourth-order valence-corrected chi connectivity index (χ4v) is 3.62. The Morgan fingerprint density at radius 1 is 1.13 bits per heavy atom. The van der Waals surface area contributed by atoms with Crippen molar-refractivity contribution >= 4 is 16.1 Å². The number of carbonyl (C=O) groups excluding carboxylic acids is 1. The van der Waals surface area contributed by atoms with Crippen LogP contribution in [-0.4, -0.2) is 49.7 Å². The van der Waals surface area contributed by atoms with Crippen molar-refractivity contribution in [3.05, 3.63) is 35.9 Å². The van der Waals surface area contributed by atoms with Gasteiger partial charge in [-0.3, -0.25) is 4.79 Å². The highest BCUT2D eigenvalue weighted by Gasteiger charge is 2.28. The van der Waals surface area contributed by atoms with Crippen LogP contribution in [0.3, 0.4) is 0 Å². The van der Waals surface area contributed by atoms with Crippen molar-refractivity contribution < 1.29 is 13.2 Å². The van der Waals surface area contributed by atoms with Crippen LogP contribution in [-0.2, 0) is 15.0 Å². The van der Waals surface area contributed by atoms with Crippen molar-refractivity contribution in [1.82, 2.24) is 9.21 Å². The van der Waals surface area contributed by atoms with E-state index >= 15 is 0 Å². The molecule has 128 valence electrons. The van der Waals surface area contributed by atoms with Gasteiger partial charge < -0.3 is 4.90 Å². The predicted octanol–water partition coefficient (Wildman–Crippen LogP) is 1.16. The van der Waals surface area contributed by atoms with E-state index in [9.17, 15) is 13.2 Å². The highest BCUT2D eigenvalue weighted by Crippen LogP contribution is 2.28. The molecule has 0 aliphatic carbocycles. The average Bonchev–Trinajstić information content (AvgIpc) is 2.52. The lowest BCUT2D eigenvalue weighted by atomic mass is 9.85. The number of nitrogens with zero attached hydrogens (tertiary/aromatic N) is 2. The molecule has 0 unspecified atom stereocenters. The van der Waals surface area contributed by atoms with Crippen LogP contribution in [0.4, 0.5) is 0 Å². The Hall–Kier alpha value is -1.44. The molecular weight excluding hydrogens is 314 g/mol. The molecule has 1 aliphatic heterocycles. The summed E-state index contributed by atoms with van der Waals surface area (Å²) in [5.41, 5.74) is 1.17. The third kappa shape index (κ3) is 4.76. The van der Waals surface area contributed by atoms with Crippen LogP contribution < -0.4 is 5.14 Å². The van der Waals surface area contributed by atoms with Crippen molar-refractivity contribution in [1.29, 1.82) is 0 Å². The molecule has 0 bridgehead atoms. The van der Waals surface area contributed by atoms with Gasteiger partial charge in [0.1, 0.15) is 0 Å². The van der Waals surface area contributed by atoms with Gasteiger partial charge in [-0.15, -0.1) is 0 Å². The van der Waals surface area contributed by atoms with Crippen molar-refractivity contribution in [3.63, 3.8) is 0 Å². The van der Waals surface area contributed by atoms with Gasteiger partial charge in [0.2, 0.25) is 5.91 Å². The Morgan fingerprint density at radius 2 is 1.70 bits per heavy atom. The average molecular weight is 339 g/mol. The van der Waals surface area contributed by atoms with Gasteiger partial charge in [-0.1, -0.05) is 44.2 Å². The van der Waals surface area contributed by atoms with E-state index in [0.29, 0.717) is 25.4 Å². The topological polar surface area (TPSA) is 83.7 Å². The zero-order valence-electron chi connectivity index (χ0n) is 13.7. The molecule has 1 atom stereocenters. The molecule has 1 aromatic carbocycles. The van der Waals surface area contributed by atoms with E-state index in [0.717, 1.165) is 0 Å². The molecule has 0 aromatic heterocycles. The SMILES string of the molecule is CC(C)[C@@H](CC(=O)N1CCN(S(N)(=O)=O)CC1)c1ccccc1. The van der Waals surface area contributed by atoms with Gasteiger partial charge in [-0.05, 0) is 17.4 Å². The van der Waals surface area contributed by atoms with Crippen LogP contribution in [0.25, 0.3) is 0 Å². The summed E-state index contributed by atoms with van der Waals surface area (Å²) in [6.45, 7) is 5.56. The molecule has 1 heterocycles. The first-order valence-electron chi connectivity index (χ1n) is 7.89. The first-order chi connectivity index (χ1) is 10.8. The summed E-state index contributed by atoms with van der Waals surface area (Å²) in [6, 6.07) is 10.0. The fourth-order valence-electron chi connectivity index (χ4n) is 2.95. The summed E-state index contributed by atoms with van der Waals surface area (Å²) in [6.07, 6.45) is 0.442. The number of carbonyl (C=O) groups is 1. The number of rotatable bonds is 5. The van der Waals surface area contributed by atoms with Crippen LogP contribution in [0.1, 0.15) is 31.7 Å². The molecular formula is C16H25N3O3S. The first kappa shape index (κ1) is 17.9. The van der Waals surface area contributed by atoms with Gasteiger partial charge in [0.15, 0.2) is 0 Å². The van der Waals surface area contributed by atoms with Crippen molar-refractivity contribution in [2.24, 2.45) is 11.1 Å². The van der Waals surface area contributed by atoms with E-state index in [1.54, 1.807) is 4.90 Å². The Balaban J connectivity index is 1.98. The second-order valence-corrected chi connectivity index (χ2v) is 7.84. The lowest BCUT2D eigenvalue weighted by Crippen LogP contribution is -2.52. The molecule has 1 amide bonds. The first-order valence-corrected chi connectivity index (χ1v) is 9.40.